The Labute approximate surface area is 161 Å². The summed E-state index contributed by atoms with van der Waals surface area (Å²) in [5.41, 5.74) is 9.97. The predicted molar refractivity (Wildman–Crippen MR) is 102 cm³/mol. The quantitative estimate of drug-likeness (QED) is 0.527. The molecule has 28 heavy (non-hydrogen) atoms. The van der Waals surface area contributed by atoms with Crippen molar-refractivity contribution in [1.29, 1.82) is 0 Å². The molecular weight excluding hydrogens is 359 g/mol. The third kappa shape index (κ3) is 3.36. The molecule has 0 aliphatic carbocycles. The van der Waals surface area contributed by atoms with Crippen LogP contribution in [0.5, 0.6) is 0 Å². The van der Waals surface area contributed by atoms with E-state index in [-0.39, 0.29) is 5.82 Å². The van der Waals surface area contributed by atoms with Crippen LogP contribution in [0.4, 0.5) is 4.39 Å². The van der Waals surface area contributed by atoms with Gasteiger partial charge < -0.3 is 5.73 Å². The van der Waals surface area contributed by atoms with Crippen LogP contribution in [0.15, 0.2) is 36.8 Å². The molecule has 4 heterocycles. The fraction of sp³-hybridized carbons (Fsp3) is 0.316. The smallest absolute Gasteiger partial charge is 0.182 e. The van der Waals surface area contributed by atoms with Gasteiger partial charge in [0.25, 0.3) is 0 Å². The van der Waals surface area contributed by atoms with Gasteiger partial charge in [0, 0.05) is 24.7 Å². The van der Waals surface area contributed by atoms with Crippen molar-refractivity contribution in [3.63, 3.8) is 0 Å². The minimum absolute atomic E-state index is 0.171. The van der Waals surface area contributed by atoms with Crippen molar-refractivity contribution in [3.8, 4) is 5.82 Å². The molecule has 0 bridgehead atoms. The zero-order valence-electron chi connectivity index (χ0n) is 15.6. The monoisotopic (exact) mass is 380 g/mol. The summed E-state index contributed by atoms with van der Waals surface area (Å²) < 4.78 is 16.3. The standard InChI is InChI=1S/C19H21FN8/c1-2-4-15-16(22-12-27-19(15)25-17(10-20)26-27)9-14-7-8-23-28(14)18-6-3-5-13(11-21)24-18/h3,5-8,12H,2,4,9-11,21H2,1H3. The minimum atomic E-state index is -0.696. The van der Waals surface area contributed by atoms with E-state index in [2.05, 4.69) is 32.1 Å². The normalized spacial score (nSPS) is 11.4. The highest BCUT2D eigenvalue weighted by Crippen LogP contribution is 2.20. The van der Waals surface area contributed by atoms with E-state index in [9.17, 15) is 4.39 Å². The summed E-state index contributed by atoms with van der Waals surface area (Å²) >= 11 is 0. The third-order valence-corrected chi connectivity index (χ3v) is 4.52. The summed E-state index contributed by atoms with van der Waals surface area (Å²) in [5.74, 6) is 0.882. The van der Waals surface area contributed by atoms with Crippen LogP contribution in [0, 0.1) is 0 Å². The molecule has 4 aromatic heterocycles. The molecule has 0 amide bonds. The molecule has 0 aromatic carbocycles. The molecule has 0 aliphatic heterocycles. The summed E-state index contributed by atoms with van der Waals surface area (Å²) in [7, 11) is 0. The van der Waals surface area contributed by atoms with Crippen molar-refractivity contribution < 1.29 is 4.39 Å². The van der Waals surface area contributed by atoms with Crippen molar-refractivity contribution in [2.75, 3.05) is 0 Å². The lowest BCUT2D eigenvalue weighted by molar-refractivity contribution is 0.465. The SMILES string of the molecule is CCCc1c(Cc2ccnn2-c2cccc(CN)n2)ncn2nc(CF)nc12. The van der Waals surface area contributed by atoms with Crippen LogP contribution in [-0.2, 0) is 26.1 Å². The van der Waals surface area contributed by atoms with Gasteiger partial charge in [-0.15, -0.1) is 5.10 Å². The summed E-state index contributed by atoms with van der Waals surface area (Å²) in [4.78, 5) is 13.5. The van der Waals surface area contributed by atoms with Crippen LogP contribution in [0.3, 0.4) is 0 Å². The highest BCUT2D eigenvalue weighted by atomic mass is 19.1. The molecule has 4 aromatic rings. The Hall–Kier alpha value is -3.20. The molecule has 4 rings (SSSR count). The summed E-state index contributed by atoms with van der Waals surface area (Å²) in [6.07, 6.45) is 5.59. The van der Waals surface area contributed by atoms with Crippen LogP contribution in [0.25, 0.3) is 11.5 Å². The molecule has 0 fully saturated rings. The number of aryl methyl sites for hydroxylation is 1. The van der Waals surface area contributed by atoms with Crippen LogP contribution >= 0.6 is 0 Å². The van der Waals surface area contributed by atoms with Gasteiger partial charge in [0.2, 0.25) is 0 Å². The molecule has 0 aliphatic rings. The molecular formula is C19H21FN8. The zero-order valence-corrected chi connectivity index (χ0v) is 15.6. The number of nitrogens with zero attached hydrogens (tertiary/aromatic N) is 7. The van der Waals surface area contributed by atoms with Crippen LogP contribution in [0.2, 0.25) is 0 Å². The van der Waals surface area contributed by atoms with E-state index in [0.29, 0.717) is 24.4 Å². The van der Waals surface area contributed by atoms with Gasteiger partial charge >= 0.3 is 0 Å². The lowest BCUT2D eigenvalue weighted by Gasteiger charge is -2.11. The van der Waals surface area contributed by atoms with Gasteiger partial charge in [-0.3, -0.25) is 0 Å². The first-order chi connectivity index (χ1) is 13.7. The van der Waals surface area contributed by atoms with Gasteiger partial charge in [-0.2, -0.15) is 5.10 Å². The number of halogens is 1. The van der Waals surface area contributed by atoms with E-state index in [1.807, 2.05) is 24.3 Å². The van der Waals surface area contributed by atoms with Crippen LogP contribution < -0.4 is 5.73 Å². The molecule has 8 nitrogen and oxygen atoms in total. The molecule has 2 N–H and O–H groups in total. The Balaban J connectivity index is 1.74. The first-order valence-corrected chi connectivity index (χ1v) is 9.20. The minimum Gasteiger partial charge on any atom is -0.325 e. The summed E-state index contributed by atoms with van der Waals surface area (Å²) in [6.45, 7) is 1.76. The largest absolute Gasteiger partial charge is 0.325 e. The Morgan fingerprint density at radius 2 is 2.07 bits per heavy atom. The Morgan fingerprint density at radius 1 is 1.18 bits per heavy atom. The molecule has 0 saturated heterocycles. The number of alkyl halides is 1. The molecule has 0 unspecified atom stereocenters. The molecule has 9 heteroatoms. The zero-order chi connectivity index (χ0) is 19.5. The lowest BCUT2D eigenvalue weighted by Crippen LogP contribution is -2.10. The van der Waals surface area contributed by atoms with E-state index in [1.54, 1.807) is 21.7 Å². The van der Waals surface area contributed by atoms with Crippen molar-refractivity contribution >= 4 is 5.65 Å². The van der Waals surface area contributed by atoms with E-state index in [4.69, 9.17) is 5.73 Å². The van der Waals surface area contributed by atoms with Crippen LogP contribution in [0.1, 0.15) is 41.8 Å². The van der Waals surface area contributed by atoms with Gasteiger partial charge in [0.15, 0.2) is 24.0 Å². The van der Waals surface area contributed by atoms with Gasteiger partial charge in [0.1, 0.15) is 6.33 Å². The topological polar surface area (TPSA) is 99.8 Å². The Bertz CT molecular complexity index is 1100. The number of pyridine rings is 1. The highest BCUT2D eigenvalue weighted by molar-refractivity contribution is 5.50. The first kappa shape index (κ1) is 18.2. The second-order valence-corrected chi connectivity index (χ2v) is 6.45. The second kappa shape index (κ2) is 7.81. The maximum Gasteiger partial charge on any atom is 0.182 e. The number of fused-ring (bicyclic) bond motifs is 1. The van der Waals surface area contributed by atoms with E-state index in [0.717, 1.165) is 35.5 Å². The lowest BCUT2D eigenvalue weighted by atomic mass is 10.1. The molecule has 0 atom stereocenters. The number of rotatable bonds is 7. The van der Waals surface area contributed by atoms with E-state index < -0.39 is 6.67 Å². The Kier molecular flexibility index (Phi) is 5.07. The van der Waals surface area contributed by atoms with Gasteiger partial charge in [0.05, 0.1) is 17.1 Å². The maximum absolute atomic E-state index is 13.0. The number of aromatic nitrogens is 7. The predicted octanol–water partition coefficient (Wildman–Crippen LogP) is 2.18. The first-order valence-electron chi connectivity index (χ1n) is 9.20. The molecule has 0 radical (unpaired) electrons. The molecule has 144 valence electrons. The van der Waals surface area contributed by atoms with Gasteiger partial charge in [-0.1, -0.05) is 19.4 Å². The maximum atomic E-state index is 13.0. The summed E-state index contributed by atoms with van der Waals surface area (Å²) in [5, 5.41) is 8.54. The van der Waals surface area contributed by atoms with Gasteiger partial charge in [-0.05, 0) is 24.6 Å². The highest BCUT2D eigenvalue weighted by Gasteiger charge is 2.16. The molecule has 0 saturated carbocycles. The van der Waals surface area contributed by atoms with Crippen LogP contribution in [-0.4, -0.2) is 34.3 Å². The van der Waals surface area contributed by atoms with Crippen molar-refractivity contribution in [2.24, 2.45) is 5.73 Å². The van der Waals surface area contributed by atoms with E-state index >= 15 is 0 Å². The second-order valence-electron chi connectivity index (χ2n) is 6.45. The van der Waals surface area contributed by atoms with E-state index in [1.165, 1.54) is 0 Å². The average molecular weight is 380 g/mol. The van der Waals surface area contributed by atoms with Crippen molar-refractivity contribution in [2.45, 2.75) is 39.4 Å². The van der Waals surface area contributed by atoms with Gasteiger partial charge in [-0.25, -0.2) is 28.5 Å². The van der Waals surface area contributed by atoms with Crippen molar-refractivity contribution in [1.82, 2.24) is 34.3 Å². The summed E-state index contributed by atoms with van der Waals surface area (Å²) in [6, 6.07) is 7.63. The Morgan fingerprint density at radius 3 is 2.86 bits per heavy atom. The fourth-order valence-corrected chi connectivity index (χ4v) is 3.24. The molecule has 0 spiro atoms. The third-order valence-electron chi connectivity index (χ3n) is 4.52. The van der Waals surface area contributed by atoms with Crippen molar-refractivity contribution in [3.05, 3.63) is 65.3 Å². The number of nitrogens with two attached hydrogens (primary N) is 1. The average Bonchev–Trinajstić information content (AvgIpc) is 3.36. The number of hydrogen-bond donors (Lipinski definition) is 1. The number of hydrogen-bond acceptors (Lipinski definition) is 6. The fourth-order valence-electron chi connectivity index (χ4n) is 3.24.